The minimum absolute atomic E-state index is 0.157. The quantitative estimate of drug-likeness (QED) is 0.852. The molecule has 0 unspecified atom stereocenters. The van der Waals surface area contributed by atoms with Crippen LogP contribution in [-0.4, -0.2) is 4.98 Å². The van der Waals surface area contributed by atoms with Gasteiger partial charge >= 0.3 is 0 Å². The number of nitrogens with two attached hydrogens (primary N) is 1. The third-order valence-corrected chi connectivity index (χ3v) is 3.18. The Hall–Kier alpha value is -0.300. The van der Waals surface area contributed by atoms with Crippen LogP contribution < -0.4 is 5.73 Å². The van der Waals surface area contributed by atoms with E-state index < -0.39 is 6.43 Å². The Labute approximate surface area is 88.7 Å². The SMILES string of the molecule is Cc1c(CN)cnc(C(F)F)c1I. The highest BCUT2D eigenvalue weighted by Gasteiger charge is 2.16. The van der Waals surface area contributed by atoms with Crippen molar-refractivity contribution >= 4 is 22.6 Å². The molecule has 0 aliphatic rings. The molecule has 0 radical (unpaired) electrons. The summed E-state index contributed by atoms with van der Waals surface area (Å²) in [5, 5.41) is 0. The molecule has 2 N–H and O–H groups in total. The van der Waals surface area contributed by atoms with Crippen molar-refractivity contribution in [2.75, 3.05) is 0 Å². The molecule has 5 heteroatoms. The number of pyridine rings is 1. The molecule has 13 heavy (non-hydrogen) atoms. The summed E-state index contributed by atoms with van der Waals surface area (Å²) in [6.45, 7) is 2.11. The molecule has 1 aromatic rings. The minimum atomic E-state index is -2.52. The number of hydrogen-bond donors (Lipinski definition) is 1. The highest BCUT2D eigenvalue weighted by molar-refractivity contribution is 14.1. The molecular formula is C8H9F2IN2. The lowest BCUT2D eigenvalue weighted by molar-refractivity contribution is 0.145. The van der Waals surface area contributed by atoms with Gasteiger partial charge in [-0.15, -0.1) is 0 Å². The molecule has 0 amide bonds. The van der Waals surface area contributed by atoms with Crippen LogP contribution in [0.25, 0.3) is 0 Å². The second-order valence-electron chi connectivity index (χ2n) is 2.61. The van der Waals surface area contributed by atoms with Crippen molar-refractivity contribution in [2.45, 2.75) is 19.9 Å². The number of alkyl halides is 2. The molecule has 0 aliphatic carbocycles. The van der Waals surface area contributed by atoms with Gasteiger partial charge in [0.1, 0.15) is 5.69 Å². The molecule has 0 atom stereocenters. The lowest BCUT2D eigenvalue weighted by Gasteiger charge is -2.08. The third-order valence-electron chi connectivity index (χ3n) is 1.82. The Bertz CT molecular complexity index is 315. The van der Waals surface area contributed by atoms with Gasteiger partial charge in [0.25, 0.3) is 6.43 Å². The fraction of sp³-hybridized carbons (Fsp3) is 0.375. The van der Waals surface area contributed by atoms with Gasteiger partial charge in [0, 0.05) is 16.3 Å². The molecule has 2 nitrogen and oxygen atoms in total. The molecule has 0 aliphatic heterocycles. The summed E-state index contributed by atoms with van der Waals surface area (Å²) in [6, 6.07) is 0. The van der Waals surface area contributed by atoms with Crippen molar-refractivity contribution in [3.63, 3.8) is 0 Å². The molecule has 72 valence electrons. The molecule has 0 saturated carbocycles. The maximum atomic E-state index is 12.3. The van der Waals surface area contributed by atoms with E-state index in [1.807, 2.05) is 22.6 Å². The maximum Gasteiger partial charge on any atom is 0.281 e. The van der Waals surface area contributed by atoms with E-state index in [2.05, 4.69) is 4.98 Å². The number of nitrogens with zero attached hydrogens (tertiary/aromatic N) is 1. The molecular weight excluding hydrogens is 289 g/mol. The number of halogens is 3. The summed E-state index contributed by atoms with van der Waals surface area (Å²) in [4.78, 5) is 3.67. The van der Waals surface area contributed by atoms with Gasteiger partial charge in [-0.2, -0.15) is 0 Å². The summed E-state index contributed by atoms with van der Waals surface area (Å²) in [5.74, 6) is 0. The van der Waals surface area contributed by atoms with Crippen LogP contribution in [-0.2, 0) is 6.54 Å². The maximum absolute atomic E-state index is 12.3. The Kier molecular flexibility index (Phi) is 3.55. The zero-order valence-electron chi connectivity index (χ0n) is 7.02. The predicted molar refractivity (Wildman–Crippen MR) is 54.5 cm³/mol. The van der Waals surface area contributed by atoms with E-state index >= 15 is 0 Å². The van der Waals surface area contributed by atoms with Gasteiger partial charge in [-0.25, -0.2) is 8.78 Å². The van der Waals surface area contributed by atoms with Gasteiger partial charge in [-0.3, -0.25) is 4.98 Å². The fourth-order valence-electron chi connectivity index (χ4n) is 0.992. The first kappa shape index (κ1) is 10.8. The van der Waals surface area contributed by atoms with Crippen molar-refractivity contribution in [1.29, 1.82) is 0 Å². The lowest BCUT2D eigenvalue weighted by atomic mass is 10.1. The Morgan fingerprint density at radius 3 is 2.69 bits per heavy atom. The summed E-state index contributed by atoms with van der Waals surface area (Å²) >= 11 is 1.87. The van der Waals surface area contributed by atoms with Gasteiger partial charge in [0.05, 0.1) is 0 Å². The van der Waals surface area contributed by atoms with Crippen LogP contribution in [0.2, 0.25) is 0 Å². The van der Waals surface area contributed by atoms with Gasteiger partial charge in [0.2, 0.25) is 0 Å². The second-order valence-corrected chi connectivity index (χ2v) is 3.69. The number of aromatic nitrogens is 1. The van der Waals surface area contributed by atoms with E-state index in [4.69, 9.17) is 5.73 Å². The largest absolute Gasteiger partial charge is 0.326 e. The topological polar surface area (TPSA) is 38.9 Å². The average molecular weight is 298 g/mol. The summed E-state index contributed by atoms with van der Waals surface area (Å²) in [5.41, 5.74) is 6.87. The number of rotatable bonds is 2. The molecule has 0 fully saturated rings. The van der Waals surface area contributed by atoms with Crippen LogP contribution in [0.1, 0.15) is 23.2 Å². The highest BCUT2D eigenvalue weighted by Crippen LogP contribution is 2.25. The molecule has 1 heterocycles. The normalized spacial score (nSPS) is 10.9. The summed E-state index contributed by atoms with van der Waals surface area (Å²) in [7, 11) is 0. The van der Waals surface area contributed by atoms with Gasteiger partial charge in [0.15, 0.2) is 0 Å². The Morgan fingerprint density at radius 1 is 1.62 bits per heavy atom. The van der Waals surface area contributed by atoms with Crippen LogP contribution in [0, 0.1) is 10.5 Å². The van der Waals surface area contributed by atoms with Crippen molar-refractivity contribution < 1.29 is 8.78 Å². The third kappa shape index (κ3) is 2.14. The zero-order valence-corrected chi connectivity index (χ0v) is 9.18. The fourth-order valence-corrected chi connectivity index (χ4v) is 1.71. The van der Waals surface area contributed by atoms with Crippen molar-refractivity contribution in [1.82, 2.24) is 4.98 Å². The smallest absolute Gasteiger partial charge is 0.281 e. The first-order valence-corrected chi connectivity index (χ1v) is 4.78. The van der Waals surface area contributed by atoms with E-state index in [0.717, 1.165) is 11.1 Å². The van der Waals surface area contributed by atoms with Crippen LogP contribution >= 0.6 is 22.6 Å². The molecule has 0 spiro atoms. The van der Waals surface area contributed by atoms with Crippen LogP contribution in [0.4, 0.5) is 8.78 Å². The zero-order chi connectivity index (χ0) is 10.0. The molecule has 0 aromatic carbocycles. The van der Waals surface area contributed by atoms with Gasteiger partial charge < -0.3 is 5.73 Å². The van der Waals surface area contributed by atoms with E-state index in [0.29, 0.717) is 10.1 Å². The predicted octanol–water partition coefficient (Wildman–Crippen LogP) is 2.39. The molecule has 0 saturated heterocycles. The van der Waals surface area contributed by atoms with E-state index in [1.54, 1.807) is 6.92 Å². The summed E-state index contributed by atoms with van der Waals surface area (Å²) < 4.78 is 25.2. The first-order chi connectivity index (χ1) is 6.07. The van der Waals surface area contributed by atoms with Crippen molar-refractivity contribution in [3.8, 4) is 0 Å². The van der Waals surface area contributed by atoms with Gasteiger partial charge in [-0.1, -0.05) is 0 Å². The summed E-state index contributed by atoms with van der Waals surface area (Å²) in [6.07, 6.45) is -1.10. The molecule has 1 aromatic heterocycles. The highest BCUT2D eigenvalue weighted by atomic mass is 127. The molecule has 1 rings (SSSR count). The van der Waals surface area contributed by atoms with Crippen LogP contribution in [0.15, 0.2) is 6.20 Å². The van der Waals surface area contributed by atoms with E-state index in [9.17, 15) is 8.78 Å². The Balaban J connectivity index is 3.23. The lowest BCUT2D eigenvalue weighted by Crippen LogP contribution is -2.05. The van der Waals surface area contributed by atoms with Gasteiger partial charge in [-0.05, 0) is 40.6 Å². The monoisotopic (exact) mass is 298 g/mol. The molecule has 0 bridgehead atoms. The Morgan fingerprint density at radius 2 is 2.23 bits per heavy atom. The van der Waals surface area contributed by atoms with E-state index in [1.165, 1.54) is 6.20 Å². The van der Waals surface area contributed by atoms with Crippen molar-refractivity contribution in [3.05, 3.63) is 26.6 Å². The van der Waals surface area contributed by atoms with Crippen LogP contribution in [0.3, 0.4) is 0 Å². The first-order valence-electron chi connectivity index (χ1n) is 3.70. The minimum Gasteiger partial charge on any atom is -0.326 e. The van der Waals surface area contributed by atoms with Crippen LogP contribution in [0.5, 0.6) is 0 Å². The number of hydrogen-bond acceptors (Lipinski definition) is 2. The average Bonchev–Trinajstić information content (AvgIpc) is 2.09. The second kappa shape index (κ2) is 4.28. The standard InChI is InChI=1S/C8H9F2IN2/c1-4-5(2-12)3-13-7(6(4)11)8(9)10/h3,8H,2,12H2,1H3. The van der Waals surface area contributed by atoms with E-state index in [-0.39, 0.29) is 5.69 Å². The van der Waals surface area contributed by atoms with Crippen molar-refractivity contribution in [2.24, 2.45) is 5.73 Å².